The van der Waals surface area contributed by atoms with Crippen LogP contribution in [0.25, 0.3) is 0 Å². The van der Waals surface area contributed by atoms with Gasteiger partial charge < -0.3 is 15.8 Å². The molecule has 0 amide bonds. The molecule has 1 heterocycles. The Morgan fingerprint density at radius 2 is 2.31 bits per heavy atom. The van der Waals surface area contributed by atoms with Crippen LogP contribution in [-0.2, 0) is 11.8 Å². The second kappa shape index (κ2) is 5.27. The molecular formula is C10H18N4OS. The van der Waals surface area contributed by atoms with Crippen molar-refractivity contribution in [3.8, 4) is 0 Å². The monoisotopic (exact) mass is 242 g/mol. The molecule has 0 bridgehead atoms. The molecule has 1 aromatic heterocycles. The van der Waals surface area contributed by atoms with Gasteiger partial charge >= 0.3 is 0 Å². The number of nitrogens with one attached hydrogen (secondary N) is 1. The third-order valence-corrected chi connectivity index (χ3v) is 2.47. The maximum Gasteiger partial charge on any atom is 0.134 e. The molecule has 5 nitrogen and oxygen atoms in total. The summed E-state index contributed by atoms with van der Waals surface area (Å²) in [6.07, 6.45) is 0. The Morgan fingerprint density at radius 3 is 2.81 bits per heavy atom. The van der Waals surface area contributed by atoms with Crippen molar-refractivity contribution in [1.82, 2.24) is 9.78 Å². The second-order valence-electron chi connectivity index (χ2n) is 3.80. The van der Waals surface area contributed by atoms with Crippen molar-refractivity contribution < 1.29 is 4.74 Å². The molecule has 16 heavy (non-hydrogen) atoms. The first-order valence-corrected chi connectivity index (χ1v) is 5.47. The molecule has 1 atom stereocenters. The van der Waals surface area contributed by atoms with Gasteiger partial charge in [0, 0.05) is 20.2 Å². The zero-order chi connectivity index (χ0) is 12.3. The van der Waals surface area contributed by atoms with Crippen molar-refractivity contribution in [2.45, 2.75) is 19.9 Å². The van der Waals surface area contributed by atoms with Gasteiger partial charge in [0.1, 0.15) is 10.8 Å². The van der Waals surface area contributed by atoms with Gasteiger partial charge in [-0.25, -0.2) is 0 Å². The van der Waals surface area contributed by atoms with E-state index in [0.717, 1.165) is 17.1 Å². The van der Waals surface area contributed by atoms with Crippen LogP contribution in [0.1, 0.15) is 18.2 Å². The molecule has 0 saturated carbocycles. The van der Waals surface area contributed by atoms with Gasteiger partial charge in [-0.2, -0.15) is 5.10 Å². The van der Waals surface area contributed by atoms with Gasteiger partial charge in [0.25, 0.3) is 0 Å². The largest absolute Gasteiger partial charge is 0.389 e. The van der Waals surface area contributed by atoms with Gasteiger partial charge in [0.05, 0.1) is 17.9 Å². The van der Waals surface area contributed by atoms with Crippen LogP contribution < -0.4 is 11.1 Å². The number of hydrogen-bond acceptors (Lipinski definition) is 4. The zero-order valence-electron chi connectivity index (χ0n) is 10.1. The van der Waals surface area contributed by atoms with E-state index in [1.807, 2.05) is 20.9 Å². The molecule has 90 valence electrons. The van der Waals surface area contributed by atoms with E-state index in [1.54, 1.807) is 11.8 Å². The van der Waals surface area contributed by atoms with Crippen LogP contribution in [0, 0.1) is 6.92 Å². The Kier molecular flexibility index (Phi) is 4.26. The number of rotatable bonds is 5. The average Bonchev–Trinajstić information content (AvgIpc) is 2.41. The Morgan fingerprint density at radius 1 is 1.69 bits per heavy atom. The van der Waals surface area contributed by atoms with Crippen LogP contribution in [0.4, 0.5) is 5.82 Å². The van der Waals surface area contributed by atoms with Crippen LogP contribution in [0.3, 0.4) is 0 Å². The second-order valence-corrected chi connectivity index (χ2v) is 4.24. The van der Waals surface area contributed by atoms with E-state index >= 15 is 0 Å². The summed E-state index contributed by atoms with van der Waals surface area (Å²) in [5.41, 5.74) is 7.33. The molecule has 0 aromatic carbocycles. The van der Waals surface area contributed by atoms with Crippen LogP contribution in [-0.4, -0.2) is 34.5 Å². The lowest BCUT2D eigenvalue weighted by molar-refractivity contribution is 0.190. The van der Waals surface area contributed by atoms with Crippen molar-refractivity contribution >= 4 is 23.0 Å². The maximum absolute atomic E-state index is 5.69. The molecule has 0 aliphatic carbocycles. The van der Waals surface area contributed by atoms with Gasteiger partial charge in [-0.3, -0.25) is 4.68 Å². The Bertz CT molecular complexity index is 388. The fourth-order valence-corrected chi connectivity index (χ4v) is 1.89. The number of anilines is 1. The molecular weight excluding hydrogens is 224 g/mol. The minimum atomic E-state index is 0.174. The van der Waals surface area contributed by atoms with Gasteiger partial charge in [-0.15, -0.1) is 0 Å². The minimum absolute atomic E-state index is 0.174. The van der Waals surface area contributed by atoms with Crippen molar-refractivity contribution in [3.63, 3.8) is 0 Å². The highest BCUT2D eigenvalue weighted by molar-refractivity contribution is 7.80. The van der Waals surface area contributed by atoms with E-state index in [-0.39, 0.29) is 6.04 Å². The normalized spacial score (nSPS) is 12.5. The SMILES string of the molecule is COCC(C)Nc1c(C(N)=S)c(C)nn1C. The first-order chi connectivity index (χ1) is 7.47. The predicted molar refractivity (Wildman–Crippen MR) is 68.8 cm³/mol. The van der Waals surface area contributed by atoms with Crippen LogP contribution in [0.5, 0.6) is 0 Å². The van der Waals surface area contributed by atoms with Crippen molar-refractivity contribution in [2.75, 3.05) is 19.0 Å². The van der Waals surface area contributed by atoms with Crippen molar-refractivity contribution in [2.24, 2.45) is 12.8 Å². The summed E-state index contributed by atoms with van der Waals surface area (Å²) in [5.74, 6) is 0.842. The van der Waals surface area contributed by atoms with E-state index in [4.69, 9.17) is 22.7 Å². The Hall–Kier alpha value is -1.14. The third kappa shape index (κ3) is 2.70. The van der Waals surface area contributed by atoms with E-state index in [2.05, 4.69) is 10.4 Å². The quantitative estimate of drug-likeness (QED) is 0.748. The van der Waals surface area contributed by atoms with E-state index in [0.29, 0.717) is 11.6 Å². The highest BCUT2D eigenvalue weighted by atomic mass is 32.1. The Labute approximate surface area is 101 Å². The lowest BCUT2D eigenvalue weighted by atomic mass is 10.2. The van der Waals surface area contributed by atoms with E-state index in [9.17, 15) is 0 Å². The summed E-state index contributed by atoms with van der Waals surface area (Å²) < 4.78 is 6.81. The lowest BCUT2D eigenvalue weighted by Gasteiger charge is -2.15. The molecule has 0 aliphatic rings. The van der Waals surface area contributed by atoms with Gasteiger partial charge in [0.15, 0.2) is 0 Å². The topological polar surface area (TPSA) is 65.1 Å². The number of ether oxygens (including phenoxy) is 1. The third-order valence-electron chi connectivity index (χ3n) is 2.27. The molecule has 1 unspecified atom stereocenters. The number of thiocarbonyl (C=S) groups is 1. The van der Waals surface area contributed by atoms with E-state index in [1.165, 1.54) is 0 Å². The lowest BCUT2D eigenvalue weighted by Crippen LogP contribution is -2.24. The molecule has 0 saturated heterocycles. The first-order valence-electron chi connectivity index (χ1n) is 5.06. The highest BCUT2D eigenvalue weighted by Gasteiger charge is 2.16. The van der Waals surface area contributed by atoms with Gasteiger partial charge in [-0.1, -0.05) is 12.2 Å². The van der Waals surface area contributed by atoms with Crippen LogP contribution >= 0.6 is 12.2 Å². The van der Waals surface area contributed by atoms with Crippen molar-refractivity contribution in [1.29, 1.82) is 0 Å². The molecule has 0 radical (unpaired) electrons. The number of aromatic nitrogens is 2. The first kappa shape index (κ1) is 12.9. The summed E-state index contributed by atoms with van der Waals surface area (Å²) in [4.78, 5) is 0.359. The molecule has 0 fully saturated rings. The number of aryl methyl sites for hydroxylation is 2. The van der Waals surface area contributed by atoms with Crippen LogP contribution in [0.2, 0.25) is 0 Å². The van der Waals surface area contributed by atoms with Crippen LogP contribution in [0.15, 0.2) is 0 Å². The number of nitrogens with two attached hydrogens (primary N) is 1. The molecule has 3 N–H and O–H groups in total. The molecule has 0 aliphatic heterocycles. The summed E-state index contributed by atoms with van der Waals surface area (Å²) >= 11 is 5.02. The van der Waals surface area contributed by atoms with Crippen molar-refractivity contribution in [3.05, 3.63) is 11.3 Å². The Balaban J connectivity index is 2.98. The number of hydrogen-bond donors (Lipinski definition) is 2. The minimum Gasteiger partial charge on any atom is -0.389 e. The predicted octanol–water partition coefficient (Wildman–Crippen LogP) is 0.810. The molecule has 0 spiro atoms. The van der Waals surface area contributed by atoms with Gasteiger partial charge in [0.2, 0.25) is 0 Å². The summed E-state index contributed by atoms with van der Waals surface area (Å²) in [6.45, 7) is 4.52. The fraction of sp³-hybridized carbons (Fsp3) is 0.600. The molecule has 6 heteroatoms. The summed E-state index contributed by atoms with van der Waals surface area (Å²) in [6, 6.07) is 0.174. The molecule has 1 rings (SSSR count). The highest BCUT2D eigenvalue weighted by Crippen LogP contribution is 2.19. The maximum atomic E-state index is 5.69. The summed E-state index contributed by atoms with van der Waals surface area (Å²) in [7, 11) is 3.53. The zero-order valence-corrected chi connectivity index (χ0v) is 10.9. The standard InChI is InChI=1S/C10H18N4OS/c1-6(5-15-4)12-10-8(9(11)16)7(2)13-14(10)3/h6,12H,5H2,1-4H3,(H2,11,16). The van der Waals surface area contributed by atoms with Gasteiger partial charge in [-0.05, 0) is 13.8 Å². The smallest absolute Gasteiger partial charge is 0.134 e. The fourth-order valence-electron chi connectivity index (χ4n) is 1.64. The number of nitrogens with zero attached hydrogens (tertiary/aromatic N) is 2. The summed E-state index contributed by atoms with van der Waals surface area (Å²) in [5, 5.41) is 7.58. The van der Waals surface area contributed by atoms with E-state index < -0.39 is 0 Å². The number of methoxy groups -OCH3 is 1. The molecule has 1 aromatic rings. The average molecular weight is 242 g/mol.